The second-order valence-electron chi connectivity index (χ2n) is 5.69. The van der Waals surface area contributed by atoms with E-state index in [-0.39, 0.29) is 5.78 Å². The van der Waals surface area contributed by atoms with Crippen molar-refractivity contribution in [3.8, 4) is 0 Å². The van der Waals surface area contributed by atoms with Crippen molar-refractivity contribution in [1.82, 2.24) is 0 Å². The zero-order chi connectivity index (χ0) is 13.5. The highest BCUT2D eigenvalue weighted by molar-refractivity contribution is 5.75. The third kappa shape index (κ3) is 4.70. The maximum absolute atomic E-state index is 10.8. The minimum absolute atomic E-state index is 0.273. The van der Waals surface area contributed by atoms with Crippen LogP contribution in [0.25, 0.3) is 0 Å². The molecule has 1 N–H and O–H groups in total. The minimum atomic E-state index is 0.273. The van der Waals surface area contributed by atoms with Crippen LogP contribution in [0.5, 0.6) is 0 Å². The zero-order valence-electron chi connectivity index (χ0n) is 12.0. The van der Waals surface area contributed by atoms with Crippen LogP contribution in [0, 0.1) is 0 Å². The Morgan fingerprint density at radius 2 is 1.84 bits per heavy atom. The number of Topliss-reactive ketones (excluding diaryl/α,β-unsaturated/α-hetero) is 1. The minimum Gasteiger partial charge on any atom is -0.385 e. The van der Waals surface area contributed by atoms with E-state index in [1.807, 2.05) is 0 Å². The van der Waals surface area contributed by atoms with Crippen LogP contribution in [0.4, 0.5) is 5.69 Å². The number of ketones is 1. The highest BCUT2D eigenvalue weighted by Crippen LogP contribution is 2.32. The molecular formula is C17H25NO. The number of hydrogen-bond donors (Lipinski definition) is 1. The van der Waals surface area contributed by atoms with Crippen LogP contribution in [0.15, 0.2) is 24.3 Å². The Morgan fingerprint density at radius 3 is 2.47 bits per heavy atom. The Bertz CT molecular complexity index is 390. The van der Waals surface area contributed by atoms with Gasteiger partial charge in [0.1, 0.15) is 5.78 Å². The summed E-state index contributed by atoms with van der Waals surface area (Å²) in [6.07, 6.45) is 8.47. The molecule has 0 amide bonds. The maximum Gasteiger partial charge on any atom is 0.129 e. The standard InChI is InChI=1S/C17H25NO/c1-14(19)6-5-13-18-17-11-9-16(10-12-17)15-7-3-2-4-8-15/h9-12,15,18H,2-8,13H2,1H3. The molecule has 0 radical (unpaired) electrons. The second kappa shape index (κ2) is 7.32. The quantitative estimate of drug-likeness (QED) is 0.761. The normalized spacial score (nSPS) is 16.3. The number of benzene rings is 1. The van der Waals surface area contributed by atoms with Crippen molar-refractivity contribution in [2.75, 3.05) is 11.9 Å². The first-order chi connectivity index (χ1) is 9.25. The molecule has 19 heavy (non-hydrogen) atoms. The predicted molar refractivity (Wildman–Crippen MR) is 80.7 cm³/mol. The smallest absolute Gasteiger partial charge is 0.129 e. The summed E-state index contributed by atoms with van der Waals surface area (Å²) in [5.41, 5.74) is 2.66. The average Bonchev–Trinajstić information content (AvgIpc) is 2.45. The Balaban J connectivity index is 1.79. The molecule has 0 saturated heterocycles. The highest BCUT2D eigenvalue weighted by Gasteiger charge is 2.14. The van der Waals surface area contributed by atoms with Gasteiger partial charge in [-0.25, -0.2) is 0 Å². The molecule has 1 saturated carbocycles. The number of carbonyl (C=O) groups excluding carboxylic acids is 1. The zero-order valence-corrected chi connectivity index (χ0v) is 12.0. The third-order valence-electron chi connectivity index (χ3n) is 4.02. The molecule has 104 valence electrons. The van der Waals surface area contributed by atoms with Gasteiger partial charge in [0, 0.05) is 18.7 Å². The Hall–Kier alpha value is -1.31. The van der Waals surface area contributed by atoms with Crippen molar-refractivity contribution in [3.05, 3.63) is 29.8 Å². The van der Waals surface area contributed by atoms with Gasteiger partial charge >= 0.3 is 0 Å². The van der Waals surface area contributed by atoms with Gasteiger partial charge in [-0.1, -0.05) is 31.4 Å². The van der Waals surface area contributed by atoms with Gasteiger partial charge in [-0.05, 0) is 49.8 Å². The lowest BCUT2D eigenvalue weighted by Gasteiger charge is -2.22. The van der Waals surface area contributed by atoms with E-state index >= 15 is 0 Å². The molecule has 0 heterocycles. The van der Waals surface area contributed by atoms with Crippen LogP contribution >= 0.6 is 0 Å². The second-order valence-corrected chi connectivity index (χ2v) is 5.69. The summed E-state index contributed by atoms with van der Waals surface area (Å²) in [6.45, 7) is 2.53. The molecule has 2 nitrogen and oxygen atoms in total. The van der Waals surface area contributed by atoms with Gasteiger partial charge in [0.05, 0.1) is 0 Å². The first-order valence-corrected chi connectivity index (χ1v) is 7.59. The molecular weight excluding hydrogens is 234 g/mol. The molecule has 0 atom stereocenters. The number of carbonyl (C=O) groups is 1. The predicted octanol–water partition coefficient (Wildman–Crippen LogP) is 4.52. The molecule has 1 fully saturated rings. The van der Waals surface area contributed by atoms with Crippen LogP contribution in [-0.2, 0) is 4.79 Å². The first kappa shape index (κ1) is 14.1. The first-order valence-electron chi connectivity index (χ1n) is 7.59. The SMILES string of the molecule is CC(=O)CCCNc1ccc(C2CCCCC2)cc1. The molecule has 1 aliphatic rings. The lowest BCUT2D eigenvalue weighted by atomic mass is 9.84. The molecule has 0 aliphatic heterocycles. The highest BCUT2D eigenvalue weighted by atomic mass is 16.1. The van der Waals surface area contributed by atoms with E-state index in [1.54, 1.807) is 6.92 Å². The largest absolute Gasteiger partial charge is 0.385 e. The fourth-order valence-corrected chi connectivity index (χ4v) is 2.88. The van der Waals surface area contributed by atoms with Crippen LogP contribution < -0.4 is 5.32 Å². The molecule has 0 unspecified atom stereocenters. The van der Waals surface area contributed by atoms with E-state index in [0.29, 0.717) is 6.42 Å². The molecule has 1 aromatic rings. The van der Waals surface area contributed by atoms with E-state index in [2.05, 4.69) is 29.6 Å². The van der Waals surface area contributed by atoms with Crippen LogP contribution in [0.3, 0.4) is 0 Å². The molecule has 1 aromatic carbocycles. The van der Waals surface area contributed by atoms with Crippen molar-refractivity contribution < 1.29 is 4.79 Å². The fraction of sp³-hybridized carbons (Fsp3) is 0.588. The van der Waals surface area contributed by atoms with Crippen molar-refractivity contribution in [3.63, 3.8) is 0 Å². The lowest BCUT2D eigenvalue weighted by Crippen LogP contribution is -2.06. The van der Waals surface area contributed by atoms with Crippen molar-refractivity contribution in [2.45, 2.75) is 57.8 Å². The summed E-state index contributed by atoms with van der Waals surface area (Å²) in [6, 6.07) is 8.89. The molecule has 2 rings (SSSR count). The van der Waals surface area contributed by atoms with Gasteiger partial charge in [0.25, 0.3) is 0 Å². The summed E-state index contributed by atoms with van der Waals surface area (Å²) in [7, 11) is 0. The fourth-order valence-electron chi connectivity index (χ4n) is 2.88. The van der Waals surface area contributed by atoms with Crippen molar-refractivity contribution in [1.29, 1.82) is 0 Å². The molecule has 0 aromatic heterocycles. The summed E-state index contributed by atoms with van der Waals surface area (Å²) in [4.78, 5) is 10.8. The van der Waals surface area contributed by atoms with E-state index in [0.717, 1.165) is 18.9 Å². The van der Waals surface area contributed by atoms with Gasteiger partial charge in [0.2, 0.25) is 0 Å². The molecule has 0 spiro atoms. The average molecular weight is 259 g/mol. The monoisotopic (exact) mass is 259 g/mol. The van der Waals surface area contributed by atoms with E-state index in [4.69, 9.17) is 0 Å². The number of anilines is 1. The number of nitrogens with one attached hydrogen (secondary N) is 1. The maximum atomic E-state index is 10.8. The molecule has 2 heteroatoms. The van der Waals surface area contributed by atoms with Gasteiger partial charge < -0.3 is 10.1 Å². The number of hydrogen-bond acceptors (Lipinski definition) is 2. The van der Waals surface area contributed by atoms with Crippen molar-refractivity contribution in [2.24, 2.45) is 0 Å². The topological polar surface area (TPSA) is 29.1 Å². The number of rotatable bonds is 6. The summed E-state index contributed by atoms with van der Waals surface area (Å²) < 4.78 is 0. The Morgan fingerprint density at radius 1 is 1.16 bits per heavy atom. The Kier molecular flexibility index (Phi) is 5.44. The lowest BCUT2D eigenvalue weighted by molar-refractivity contribution is -0.117. The van der Waals surface area contributed by atoms with Crippen molar-refractivity contribution >= 4 is 11.5 Å². The van der Waals surface area contributed by atoms with E-state index < -0.39 is 0 Å². The van der Waals surface area contributed by atoms with Crippen LogP contribution in [0.2, 0.25) is 0 Å². The Labute approximate surface area is 116 Å². The summed E-state index contributed by atoms with van der Waals surface area (Å²) >= 11 is 0. The van der Waals surface area contributed by atoms with Gasteiger partial charge in [-0.15, -0.1) is 0 Å². The van der Waals surface area contributed by atoms with Crippen LogP contribution in [-0.4, -0.2) is 12.3 Å². The summed E-state index contributed by atoms with van der Waals surface area (Å²) in [5.74, 6) is 1.05. The third-order valence-corrected chi connectivity index (χ3v) is 4.02. The van der Waals surface area contributed by atoms with Gasteiger partial charge in [-0.2, -0.15) is 0 Å². The van der Waals surface area contributed by atoms with Crippen LogP contribution in [0.1, 0.15) is 63.4 Å². The molecule has 0 bridgehead atoms. The summed E-state index contributed by atoms with van der Waals surface area (Å²) in [5, 5.41) is 3.38. The van der Waals surface area contributed by atoms with Gasteiger partial charge in [-0.3, -0.25) is 0 Å². The van der Waals surface area contributed by atoms with E-state index in [1.165, 1.54) is 43.4 Å². The van der Waals surface area contributed by atoms with E-state index in [9.17, 15) is 4.79 Å². The van der Waals surface area contributed by atoms with Gasteiger partial charge in [0.15, 0.2) is 0 Å². The molecule has 1 aliphatic carbocycles.